The van der Waals surface area contributed by atoms with Gasteiger partial charge in [-0.3, -0.25) is 4.79 Å². The van der Waals surface area contributed by atoms with Gasteiger partial charge >= 0.3 is 0 Å². The lowest BCUT2D eigenvalue weighted by Gasteiger charge is -2.11. The minimum absolute atomic E-state index is 0.00728. The van der Waals surface area contributed by atoms with Crippen molar-refractivity contribution < 1.29 is 14.3 Å². The first-order chi connectivity index (χ1) is 16.7. The molecule has 0 saturated carbocycles. The maximum absolute atomic E-state index is 12.5. The summed E-state index contributed by atoms with van der Waals surface area (Å²) in [6.07, 6.45) is 1.62. The van der Waals surface area contributed by atoms with Crippen LogP contribution >= 0.6 is 11.8 Å². The largest absolute Gasteiger partial charge is 0.493 e. The summed E-state index contributed by atoms with van der Waals surface area (Å²) in [5.41, 5.74) is 4.40. The first-order valence-electron chi connectivity index (χ1n) is 11.3. The zero-order valence-corrected chi connectivity index (χ0v) is 20.3. The standard InChI is InChI=1S/C27H29N3O3S/c1-32-24-13-12-21(18-25(24)33-2)14-16-28-26(31)19-34-27-29-22-10-6-7-11-23(22)30(27)17-15-20-8-4-3-5-9-20/h3-13,18H,14-17,19H2,1-2H3,(H,28,31). The van der Waals surface area contributed by atoms with Gasteiger partial charge in [-0.15, -0.1) is 0 Å². The molecular formula is C27H29N3O3S. The fraction of sp³-hybridized carbons (Fsp3) is 0.259. The van der Waals surface area contributed by atoms with E-state index < -0.39 is 0 Å². The van der Waals surface area contributed by atoms with E-state index in [1.165, 1.54) is 17.3 Å². The molecule has 4 rings (SSSR count). The normalized spacial score (nSPS) is 10.9. The zero-order valence-electron chi connectivity index (χ0n) is 19.5. The fourth-order valence-corrected chi connectivity index (χ4v) is 4.70. The van der Waals surface area contributed by atoms with E-state index in [9.17, 15) is 4.79 Å². The number of fused-ring (bicyclic) bond motifs is 1. The summed E-state index contributed by atoms with van der Waals surface area (Å²) in [5.74, 6) is 1.70. The number of nitrogens with one attached hydrogen (secondary N) is 1. The highest BCUT2D eigenvalue weighted by Gasteiger charge is 2.13. The Hall–Kier alpha value is -3.45. The molecule has 0 spiro atoms. The number of aromatic nitrogens is 2. The summed E-state index contributed by atoms with van der Waals surface area (Å²) >= 11 is 1.48. The molecule has 6 nitrogen and oxygen atoms in total. The van der Waals surface area contributed by atoms with Gasteiger partial charge in [0.1, 0.15) is 0 Å². The molecule has 0 radical (unpaired) electrons. The van der Waals surface area contributed by atoms with Crippen LogP contribution in [0, 0.1) is 0 Å². The summed E-state index contributed by atoms with van der Waals surface area (Å²) in [6.45, 7) is 1.37. The van der Waals surface area contributed by atoms with E-state index in [1.54, 1.807) is 14.2 Å². The summed E-state index contributed by atoms with van der Waals surface area (Å²) in [7, 11) is 3.24. The van der Waals surface area contributed by atoms with Crippen LogP contribution in [0.3, 0.4) is 0 Å². The van der Waals surface area contributed by atoms with Crippen molar-refractivity contribution in [2.24, 2.45) is 0 Å². The van der Waals surface area contributed by atoms with E-state index in [0.717, 1.165) is 34.7 Å². The maximum Gasteiger partial charge on any atom is 0.230 e. The summed E-state index contributed by atoms with van der Waals surface area (Å²) in [5, 5.41) is 3.88. The molecule has 0 atom stereocenters. The topological polar surface area (TPSA) is 65.4 Å². The van der Waals surface area contributed by atoms with Gasteiger partial charge in [0.2, 0.25) is 5.91 Å². The Balaban J connectivity index is 1.34. The molecule has 0 fully saturated rings. The number of amides is 1. The SMILES string of the molecule is COc1ccc(CCNC(=O)CSc2nc3ccccc3n2CCc2ccccc2)cc1OC. The molecule has 0 bridgehead atoms. The molecule has 176 valence electrons. The minimum Gasteiger partial charge on any atom is -0.493 e. The zero-order chi connectivity index (χ0) is 23.8. The number of aryl methyl sites for hydroxylation is 2. The number of carbonyl (C=O) groups excluding carboxylic acids is 1. The van der Waals surface area contributed by atoms with Crippen molar-refractivity contribution in [2.45, 2.75) is 24.5 Å². The Morgan fingerprint density at radius 3 is 2.47 bits per heavy atom. The number of imidazole rings is 1. The van der Waals surface area contributed by atoms with Gasteiger partial charge in [-0.05, 0) is 48.2 Å². The number of hydrogen-bond donors (Lipinski definition) is 1. The average Bonchev–Trinajstić information content (AvgIpc) is 3.24. The van der Waals surface area contributed by atoms with Crippen LogP contribution in [-0.4, -0.2) is 42.0 Å². The first-order valence-corrected chi connectivity index (χ1v) is 12.3. The number of para-hydroxylation sites is 2. The number of benzene rings is 3. The smallest absolute Gasteiger partial charge is 0.230 e. The van der Waals surface area contributed by atoms with Crippen LogP contribution in [0.5, 0.6) is 11.5 Å². The maximum atomic E-state index is 12.5. The highest BCUT2D eigenvalue weighted by atomic mass is 32.2. The van der Waals surface area contributed by atoms with Crippen molar-refractivity contribution >= 4 is 28.7 Å². The van der Waals surface area contributed by atoms with Gasteiger partial charge < -0.3 is 19.4 Å². The van der Waals surface area contributed by atoms with E-state index in [0.29, 0.717) is 30.2 Å². The molecule has 3 aromatic carbocycles. The van der Waals surface area contributed by atoms with Gasteiger partial charge in [-0.2, -0.15) is 0 Å². The number of rotatable bonds is 11. The third kappa shape index (κ3) is 5.91. The molecule has 1 amide bonds. The van der Waals surface area contributed by atoms with Crippen LogP contribution in [0.1, 0.15) is 11.1 Å². The Bertz CT molecular complexity index is 1240. The molecule has 1 aromatic heterocycles. The van der Waals surface area contributed by atoms with E-state index in [2.05, 4.69) is 40.2 Å². The fourth-order valence-electron chi connectivity index (χ4n) is 3.83. The Morgan fingerprint density at radius 1 is 0.912 bits per heavy atom. The number of methoxy groups -OCH3 is 2. The number of thioether (sulfide) groups is 1. The molecule has 4 aromatic rings. The second kappa shape index (κ2) is 11.6. The van der Waals surface area contributed by atoms with Crippen molar-refractivity contribution in [1.29, 1.82) is 0 Å². The molecule has 34 heavy (non-hydrogen) atoms. The van der Waals surface area contributed by atoms with E-state index in [1.807, 2.05) is 42.5 Å². The van der Waals surface area contributed by atoms with E-state index in [4.69, 9.17) is 14.5 Å². The third-order valence-electron chi connectivity index (χ3n) is 5.60. The Kier molecular flexibility index (Phi) is 8.09. The molecular weight excluding hydrogens is 446 g/mol. The van der Waals surface area contributed by atoms with E-state index >= 15 is 0 Å². The van der Waals surface area contributed by atoms with Gasteiger partial charge in [-0.25, -0.2) is 4.98 Å². The van der Waals surface area contributed by atoms with Crippen molar-refractivity contribution in [2.75, 3.05) is 26.5 Å². The van der Waals surface area contributed by atoms with E-state index in [-0.39, 0.29) is 5.91 Å². The molecule has 0 aliphatic carbocycles. The predicted molar refractivity (Wildman–Crippen MR) is 137 cm³/mol. The van der Waals surface area contributed by atoms with Gasteiger partial charge in [0.25, 0.3) is 0 Å². The number of carbonyl (C=O) groups is 1. The highest BCUT2D eigenvalue weighted by Crippen LogP contribution is 2.28. The molecule has 1 heterocycles. The van der Waals surface area contributed by atoms with Crippen LogP contribution in [0.2, 0.25) is 0 Å². The molecule has 1 N–H and O–H groups in total. The third-order valence-corrected chi connectivity index (χ3v) is 6.58. The van der Waals surface area contributed by atoms with Crippen molar-refractivity contribution in [3.63, 3.8) is 0 Å². The van der Waals surface area contributed by atoms with Crippen LogP contribution in [0.4, 0.5) is 0 Å². The molecule has 7 heteroatoms. The van der Waals surface area contributed by atoms with Crippen molar-refractivity contribution in [1.82, 2.24) is 14.9 Å². The quantitative estimate of drug-likeness (QED) is 0.317. The first kappa shape index (κ1) is 23.7. The van der Waals surface area contributed by atoms with Gasteiger partial charge in [0, 0.05) is 13.1 Å². The van der Waals surface area contributed by atoms with Crippen molar-refractivity contribution in [3.05, 3.63) is 83.9 Å². The average molecular weight is 476 g/mol. The summed E-state index contributed by atoms with van der Waals surface area (Å²) < 4.78 is 12.8. The van der Waals surface area contributed by atoms with Gasteiger partial charge in [-0.1, -0.05) is 60.3 Å². The lowest BCUT2D eigenvalue weighted by atomic mass is 10.1. The monoisotopic (exact) mass is 475 g/mol. The van der Waals surface area contributed by atoms with Gasteiger partial charge in [0.15, 0.2) is 16.7 Å². The molecule has 0 aliphatic rings. The van der Waals surface area contributed by atoms with Crippen molar-refractivity contribution in [3.8, 4) is 11.5 Å². The van der Waals surface area contributed by atoms with Gasteiger partial charge in [0.05, 0.1) is 31.0 Å². The highest BCUT2D eigenvalue weighted by molar-refractivity contribution is 7.99. The molecule has 0 saturated heterocycles. The second-order valence-electron chi connectivity index (χ2n) is 7.85. The van der Waals surface area contributed by atoms with Crippen LogP contribution < -0.4 is 14.8 Å². The lowest BCUT2D eigenvalue weighted by Crippen LogP contribution is -2.27. The van der Waals surface area contributed by atoms with Crippen LogP contribution in [-0.2, 0) is 24.2 Å². The number of ether oxygens (including phenoxy) is 2. The summed E-state index contributed by atoms with van der Waals surface area (Å²) in [4.78, 5) is 17.3. The van der Waals surface area contributed by atoms with Crippen LogP contribution in [0.15, 0.2) is 78.0 Å². The summed E-state index contributed by atoms with van der Waals surface area (Å²) in [6, 6.07) is 24.3. The van der Waals surface area contributed by atoms with Crippen LogP contribution in [0.25, 0.3) is 11.0 Å². The molecule has 0 aliphatic heterocycles. The predicted octanol–water partition coefficient (Wildman–Crippen LogP) is 4.75. The molecule has 0 unspecified atom stereocenters. The Morgan fingerprint density at radius 2 is 1.68 bits per heavy atom. The number of nitrogens with zero attached hydrogens (tertiary/aromatic N) is 2. The Labute approximate surface area is 204 Å². The second-order valence-corrected chi connectivity index (χ2v) is 8.79. The lowest BCUT2D eigenvalue weighted by molar-refractivity contribution is -0.118. The minimum atomic E-state index is -0.00728. The number of hydrogen-bond acceptors (Lipinski definition) is 5.